The molecule has 2 rings (SSSR count). The number of nitriles is 1. The maximum Gasteiger partial charge on any atom is 0.284 e. The van der Waals surface area contributed by atoms with Crippen molar-refractivity contribution in [3.63, 3.8) is 0 Å². The highest BCUT2D eigenvalue weighted by molar-refractivity contribution is 6.01. The number of nitro groups is 1. The molecule has 0 spiro atoms. The van der Waals surface area contributed by atoms with Crippen LogP contribution >= 0.6 is 0 Å². The molecule has 0 saturated carbocycles. The fraction of sp³-hybridized carbons (Fsp3) is 0.263. The van der Waals surface area contributed by atoms with Gasteiger partial charge in [0.05, 0.1) is 23.7 Å². The molecule has 0 radical (unpaired) electrons. The Morgan fingerprint density at radius 3 is 2.78 bits per heavy atom. The molecule has 140 valence electrons. The molecule has 1 amide bonds. The van der Waals surface area contributed by atoms with Crippen molar-refractivity contribution in [2.45, 2.75) is 26.3 Å². The van der Waals surface area contributed by atoms with Crippen molar-refractivity contribution in [2.24, 2.45) is 0 Å². The van der Waals surface area contributed by atoms with E-state index in [9.17, 15) is 20.2 Å². The average Bonchev–Trinajstić information content (AvgIpc) is 3.13. The molecule has 27 heavy (non-hydrogen) atoms. The lowest BCUT2D eigenvalue weighted by Crippen LogP contribution is -2.32. The largest absolute Gasteiger partial charge is 0.497 e. The van der Waals surface area contributed by atoms with E-state index >= 15 is 0 Å². The third-order valence-electron chi connectivity index (χ3n) is 3.94. The highest BCUT2D eigenvalue weighted by Gasteiger charge is 2.20. The highest BCUT2D eigenvalue weighted by Crippen LogP contribution is 2.34. The summed E-state index contributed by atoms with van der Waals surface area (Å²) in [5, 5.41) is 23.2. The van der Waals surface area contributed by atoms with E-state index < -0.39 is 10.8 Å². The minimum absolute atomic E-state index is 0.0663. The number of hydrogen-bond donors (Lipinski definition) is 1. The lowest BCUT2D eigenvalue weighted by molar-refractivity contribution is -0.384. The van der Waals surface area contributed by atoms with E-state index in [0.29, 0.717) is 5.75 Å². The van der Waals surface area contributed by atoms with Crippen LogP contribution in [0.4, 0.5) is 5.69 Å². The summed E-state index contributed by atoms with van der Waals surface area (Å²) >= 11 is 0. The topological polar surface area (TPSA) is 118 Å². The van der Waals surface area contributed by atoms with Gasteiger partial charge in [0.2, 0.25) is 0 Å². The van der Waals surface area contributed by atoms with Gasteiger partial charge in [0.15, 0.2) is 0 Å². The van der Waals surface area contributed by atoms with Gasteiger partial charge in [-0.15, -0.1) is 0 Å². The van der Waals surface area contributed by atoms with Crippen molar-refractivity contribution < 1.29 is 18.9 Å². The molecule has 0 saturated heterocycles. The molecule has 1 aromatic carbocycles. The van der Waals surface area contributed by atoms with Gasteiger partial charge in [-0.3, -0.25) is 14.9 Å². The molecule has 1 N–H and O–H groups in total. The van der Waals surface area contributed by atoms with Crippen LogP contribution in [0.5, 0.6) is 5.75 Å². The molecule has 0 unspecified atom stereocenters. The summed E-state index contributed by atoms with van der Waals surface area (Å²) in [5.74, 6) is 0.340. The molecule has 0 aliphatic carbocycles. The zero-order chi connectivity index (χ0) is 20.0. The van der Waals surface area contributed by atoms with Gasteiger partial charge in [-0.1, -0.05) is 6.92 Å². The number of amides is 1. The molecule has 0 aliphatic rings. The Balaban J connectivity index is 2.35. The third kappa shape index (κ3) is 4.73. The molecule has 1 heterocycles. The Bertz CT molecular complexity index is 924. The number of benzene rings is 1. The number of furan rings is 1. The lowest BCUT2D eigenvalue weighted by atomic mass is 10.1. The summed E-state index contributed by atoms with van der Waals surface area (Å²) in [6.45, 7) is 3.75. The first-order valence-electron chi connectivity index (χ1n) is 8.24. The summed E-state index contributed by atoms with van der Waals surface area (Å²) in [4.78, 5) is 22.9. The summed E-state index contributed by atoms with van der Waals surface area (Å²) < 4.78 is 10.6. The smallest absolute Gasteiger partial charge is 0.284 e. The minimum atomic E-state index is -0.532. The van der Waals surface area contributed by atoms with Crippen LogP contribution in [0.3, 0.4) is 0 Å². The van der Waals surface area contributed by atoms with Crippen LogP contribution in [-0.2, 0) is 4.79 Å². The van der Waals surface area contributed by atoms with Crippen molar-refractivity contribution in [2.75, 3.05) is 7.11 Å². The molecule has 0 bridgehead atoms. The minimum Gasteiger partial charge on any atom is -0.497 e. The Hall–Kier alpha value is -3.60. The highest BCUT2D eigenvalue weighted by atomic mass is 16.6. The van der Waals surface area contributed by atoms with Gasteiger partial charge in [0, 0.05) is 12.1 Å². The molecule has 8 heteroatoms. The quantitative estimate of drug-likeness (QED) is 0.344. The van der Waals surface area contributed by atoms with Crippen LogP contribution in [0.15, 0.2) is 40.3 Å². The van der Waals surface area contributed by atoms with Crippen LogP contribution in [0.25, 0.3) is 17.4 Å². The molecule has 1 atom stereocenters. The summed E-state index contributed by atoms with van der Waals surface area (Å²) in [7, 11) is 1.42. The first-order valence-corrected chi connectivity index (χ1v) is 8.24. The van der Waals surface area contributed by atoms with Crippen molar-refractivity contribution in [1.29, 1.82) is 5.26 Å². The van der Waals surface area contributed by atoms with Crippen molar-refractivity contribution in [1.82, 2.24) is 5.32 Å². The van der Waals surface area contributed by atoms with E-state index in [0.717, 1.165) is 6.42 Å². The van der Waals surface area contributed by atoms with Gasteiger partial charge >= 0.3 is 0 Å². The second kappa shape index (κ2) is 8.67. The standard InChI is InChI=1S/C19H19N3O5/c1-4-12(2)21-19(23)13(11-20)9-15-6-8-18(27-15)16-7-5-14(26-3)10-17(16)22(24)25/h5-10,12H,4H2,1-3H3,(H,21,23)/b13-9+/t12-/m1/s1. The number of hydrogen-bond acceptors (Lipinski definition) is 6. The lowest BCUT2D eigenvalue weighted by Gasteiger charge is -2.09. The summed E-state index contributed by atoms with van der Waals surface area (Å²) in [5.41, 5.74) is -0.0160. The maximum atomic E-state index is 12.1. The van der Waals surface area contributed by atoms with E-state index in [4.69, 9.17) is 9.15 Å². The summed E-state index contributed by atoms with van der Waals surface area (Å²) in [6.07, 6.45) is 2.03. The average molecular weight is 369 g/mol. The number of ether oxygens (including phenoxy) is 1. The number of carbonyl (C=O) groups excluding carboxylic acids is 1. The Kier molecular flexibility index (Phi) is 6.33. The molecule has 8 nitrogen and oxygen atoms in total. The first-order chi connectivity index (χ1) is 12.9. The van der Waals surface area contributed by atoms with Crippen LogP contribution in [0.2, 0.25) is 0 Å². The van der Waals surface area contributed by atoms with Gasteiger partial charge < -0.3 is 14.5 Å². The van der Waals surface area contributed by atoms with Gasteiger partial charge in [-0.05, 0) is 37.6 Å². The molecular weight excluding hydrogens is 350 g/mol. The fourth-order valence-corrected chi connectivity index (χ4v) is 2.27. The SMILES string of the molecule is CC[C@@H](C)NC(=O)/C(C#N)=C/c1ccc(-c2ccc(OC)cc2[N+](=O)[O-])o1. The number of nitro benzene ring substituents is 1. The second-order valence-corrected chi connectivity index (χ2v) is 5.79. The van der Waals surface area contributed by atoms with Crippen molar-refractivity contribution >= 4 is 17.7 Å². The number of carbonyl (C=O) groups is 1. The first kappa shape index (κ1) is 19.7. The van der Waals surface area contributed by atoms with Gasteiger partial charge in [-0.25, -0.2) is 0 Å². The van der Waals surface area contributed by atoms with E-state index in [1.165, 1.54) is 31.4 Å². The van der Waals surface area contributed by atoms with E-state index in [-0.39, 0.29) is 34.4 Å². The number of nitrogens with one attached hydrogen (secondary N) is 1. The molecule has 1 aromatic heterocycles. The fourth-order valence-electron chi connectivity index (χ4n) is 2.27. The monoisotopic (exact) mass is 369 g/mol. The molecule has 0 aliphatic heterocycles. The van der Waals surface area contributed by atoms with Crippen LogP contribution in [0, 0.1) is 21.4 Å². The Labute approximate surface area is 156 Å². The summed E-state index contributed by atoms with van der Waals surface area (Å²) in [6, 6.07) is 9.26. The predicted molar refractivity (Wildman–Crippen MR) is 98.8 cm³/mol. The van der Waals surface area contributed by atoms with E-state index in [1.54, 1.807) is 12.1 Å². The van der Waals surface area contributed by atoms with E-state index in [1.807, 2.05) is 19.9 Å². The third-order valence-corrected chi connectivity index (χ3v) is 3.94. The molecule has 0 fully saturated rings. The zero-order valence-electron chi connectivity index (χ0n) is 15.2. The number of methoxy groups -OCH3 is 1. The number of nitrogens with zero attached hydrogens (tertiary/aromatic N) is 2. The zero-order valence-corrected chi connectivity index (χ0v) is 15.2. The van der Waals surface area contributed by atoms with Crippen molar-refractivity contribution in [3.05, 3.63) is 51.8 Å². The van der Waals surface area contributed by atoms with Gasteiger partial charge in [0.1, 0.15) is 28.9 Å². The van der Waals surface area contributed by atoms with Crippen molar-refractivity contribution in [3.8, 4) is 23.1 Å². The molecule has 2 aromatic rings. The predicted octanol–water partition coefficient (Wildman–Crippen LogP) is 3.69. The normalized spacial score (nSPS) is 12.1. The van der Waals surface area contributed by atoms with Gasteiger partial charge in [0.25, 0.3) is 11.6 Å². The van der Waals surface area contributed by atoms with Gasteiger partial charge in [-0.2, -0.15) is 5.26 Å². The van der Waals surface area contributed by atoms with E-state index in [2.05, 4.69) is 5.32 Å². The van der Waals surface area contributed by atoms with Crippen LogP contribution in [0.1, 0.15) is 26.0 Å². The Morgan fingerprint density at radius 2 is 2.19 bits per heavy atom. The molecular formula is C19H19N3O5. The Morgan fingerprint density at radius 1 is 1.44 bits per heavy atom. The van der Waals surface area contributed by atoms with Crippen LogP contribution < -0.4 is 10.1 Å². The van der Waals surface area contributed by atoms with Crippen LogP contribution in [-0.4, -0.2) is 24.0 Å². The second-order valence-electron chi connectivity index (χ2n) is 5.79. The number of rotatable bonds is 7. The maximum absolute atomic E-state index is 12.1.